The Morgan fingerprint density at radius 2 is 2.06 bits per heavy atom. The Morgan fingerprint density at radius 3 is 2.62 bits per heavy atom. The van der Waals surface area contributed by atoms with Crippen LogP contribution in [0.4, 0.5) is 4.79 Å². The largest absolute Gasteiger partial charge is 0.496 e. The minimum Gasteiger partial charge on any atom is -0.496 e. The summed E-state index contributed by atoms with van der Waals surface area (Å²) in [5.41, 5.74) is 5.89. The molecule has 0 aliphatic heterocycles. The summed E-state index contributed by atoms with van der Waals surface area (Å²) in [6.45, 7) is 4.53. The van der Waals surface area contributed by atoms with Crippen molar-refractivity contribution in [1.82, 2.24) is 5.32 Å². The number of nitrogens with one attached hydrogen (secondary N) is 1. The summed E-state index contributed by atoms with van der Waals surface area (Å²) in [6, 6.07) is 7.25. The highest BCUT2D eigenvalue weighted by atomic mass is 16.5. The van der Waals surface area contributed by atoms with Gasteiger partial charge in [0.2, 0.25) is 0 Å². The van der Waals surface area contributed by atoms with Gasteiger partial charge in [0.15, 0.2) is 0 Å². The van der Waals surface area contributed by atoms with Crippen molar-refractivity contribution in [2.45, 2.75) is 19.3 Å². The molecule has 4 nitrogen and oxygen atoms in total. The van der Waals surface area contributed by atoms with E-state index >= 15 is 0 Å². The van der Waals surface area contributed by atoms with Gasteiger partial charge >= 0.3 is 6.03 Å². The molecule has 0 aliphatic carbocycles. The number of carbonyl (C=O) groups is 1. The molecule has 2 amide bonds. The van der Waals surface area contributed by atoms with Gasteiger partial charge in [0, 0.05) is 17.5 Å². The number of methoxy groups -OCH3 is 1. The van der Waals surface area contributed by atoms with E-state index in [1.807, 2.05) is 38.1 Å². The number of primary amides is 1. The van der Waals surface area contributed by atoms with Gasteiger partial charge in [0.05, 0.1) is 7.11 Å². The summed E-state index contributed by atoms with van der Waals surface area (Å²) < 4.78 is 5.29. The van der Waals surface area contributed by atoms with Crippen LogP contribution in [-0.4, -0.2) is 19.7 Å². The van der Waals surface area contributed by atoms with Crippen LogP contribution in [0.1, 0.15) is 19.4 Å². The normalized spacial score (nSPS) is 10.9. The second-order valence-electron chi connectivity index (χ2n) is 4.30. The molecule has 0 saturated carbocycles. The van der Waals surface area contributed by atoms with Gasteiger partial charge in [-0.2, -0.15) is 0 Å². The molecule has 0 fully saturated rings. The number of hydrogen-bond acceptors (Lipinski definition) is 2. The van der Waals surface area contributed by atoms with Gasteiger partial charge in [-0.3, -0.25) is 0 Å². The first-order chi connectivity index (χ1) is 7.47. The van der Waals surface area contributed by atoms with Crippen molar-refractivity contribution in [2.24, 2.45) is 5.73 Å². The molecule has 0 saturated heterocycles. The lowest BCUT2D eigenvalue weighted by Crippen LogP contribution is -2.39. The first kappa shape index (κ1) is 12.4. The zero-order valence-corrected chi connectivity index (χ0v) is 9.91. The zero-order chi connectivity index (χ0) is 12.2. The van der Waals surface area contributed by atoms with E-state index in [1.165, 1.54) is 0 Å². The molecule has 1 aromatic rings. The van der Waals surface area contributed by atoms with Crippen molar-refractivity contribution >= 4 is 6.03 Å². The maximum Gasteiger partial charge on any atom is 0.312 e. The number of urea groups is 1. The number of carbonyl (C=O) groups excluding carboxylic acids is 1. The maximum absolute atomic E-state index is 10.7. The second kappa shape index (κ2) is 4.88. The van der Waals surface area contributed by atoms with E-state index in [1.54, 1.807) is 7.11 Å². The predicted octanol–water partition coefficient (Wildman–Crippen LogP) is 1.64. The minimum atomic E-state index is -0.511. The molecule has 0 atom stereocenters. The fourth-order valence-corrected chi connectivity index (χ4v) is 1.61. The fourth-order valence-electron chi connectivity index (χ4n) is 1.61. The molecule has 3 N–H and O–H groups in total. The highest BCUT2D eigenvalue weighted by Crippen LogP contribution is 2.30. The number of para-hydroxylation sites is 1. The van der Waals surface area contributed by atoms with Crippen molar-refractivity contribution < 1.29 is 9.53 Å². The molecule has 1 rings (SSSR count). The molecule has 88 valence electrons. The Morgan fingerprint density at radius 1 is 1.44 bits per heavy atom. The summed E-state index contributed by atoms with van der Waals surface area (Å²) in [7, 11) is 1.64. The van der Waals surface area contributed by atoms with E-state index < -0.39 is 6.03 Å². The molecule has 0 heterocycles. The number of benzene rings is 1. The SMILES string of the molecule is COc1ccccc1C(C)(C)CNC(N)=O. The van der Waals surface area contributed by atoms with E-state index in [2.05, 4.69) is 5.32 Å². The van der Waals surface area contributed by atoms with Gasteiger partial charge in [0.1, 0.15) is 5.75 Å². The molecule has 0 aromatic heterocycles. The number of amides is 2. The third kappa shape index (κ3) is 2.89. The predicted molar refractivity (Wildman–Crippen MR) is 63.6 cm³/mol. The van der Waals surface area contributed by atoms with Crippen LogP contribution in [0.15, 0.2) is 24.3 Å². The molecular weight excluding hydrogens is 204 g/mol. The zero-order valence-electron chi connectivity index (χ0n) is 9.91. The topological polar surface area (TPSA) is 64.3 Å². The average molecular weight is 222 g/mol. The van der Waals surface area contributed by atoms with Crippen molar-refractivity contribution in [3.63, 3.8) is 0 Å². The lowest BCUT2D eigenvalue weighted by Gasteiger charge is -2.26. The van der Waals surface area contributed by atoms with Gasteiger partial charge < -0.3 is 15.8 Å². The van der Waals surface area contributed by atoms with E-state index in [9.17, 15) is 4.79 Å². The van der Waals surface area contributed by atoms with Gasteiger partial charge in [-0.25, -0.2) is 4.79 Å². The van der Waals surface area contributed by atoms with Crippen molar-refractivity contribution in [2.75, 3.05) is 13.7 Å². The Hall–Kier alpha value is -1.71. The van der Waals surface area contributed by atoms with E-state index in [0.29, 0.717) is 6.54 Å². The molecule has 4 heteroatoms. The third-order valence-electron chi connectivity index (χ3n) is 2.54. The molecular formula is C12H18N2O2. The highest BCUT2D eigenvalue weighted by molar-refractivity contribution is 5.71. The minimum absolute atomic E-state index is 0.221. The standard InChI is InChI=1S/C12H18N2O2/c1-12(2,8-14-11(13)15)9-6-4-5-7-10(9)16-3/h4-7H,8H2,1-3H3,(H3,13,14,15). The summed E-state index contributed by atoms with van der Waals surface area (Å²) >= 11 is 0. The smallest absolute Gasteiger partial charge is 0.312 e. The van der Waals surface area contributed by atoms with Crippen LogP contribution in [0.25, 0.3) is 0 Å². The van der Waals surface area contributed by atoms with Crippen LogP contribution in [-0.2, 0) is 5.41 Å². The van der Waals surface area contributed by atoms with Crippen LogP contribution in [0.5, 0.6) is 5.75 Å². The molecule has 1 aromatic carbocycles. The van der Waals surface area contributed by atoms with Crippen molar-refractivity contribution in [1.29, 1.82) is 0 Å². The number of ether oxygens (including phenoxy) is 1. The van der Waals surface area contributed by atoms with Crippen molar-refractivity contribution in [3.05, 3.63) is 29.8 Å². The average Bonchev–Trinajstić information content (AvgIpc) is 2.26. The van der Waals surface area contributed by atoms with E-state index in [0.717, 1.165) is 11.3 Å². The quantitative estimate of drug-likeness (QED) is 0.813. The molecule has 0 spiro atoms. The molecule has 0 bridgehead atoms. The van der Waals surface area contributed by atoms with Crippen LogP contribution in [0.2, 0.25) is 0 Å². The number of nitrogens with two attached hydrogens (primary N) is 1. The van der Waals surface area contributed by atoms with Crippen LogP contribution >= 0.6 is 0 Å². The summed E-state index contributed by atoms with van der Waals surface area (Å²) in [5, 5.41) is 2.62. The molecule has 0 radical (unpaired) electrons. The lowest BCUT2D eigenvalue weighted by atomic mass is 9.84. The van der Waals surface area contributed by atoms with Gasteiger partial charge in [0.25, 0.3) is 0 Å². The molecule has 16 heavy (non-hydrogen) atoms. The van der Waals surface area contributed by atoms with Gasteiger partial charge in [-0.15, -0.1) is 0 Å². The molecule has 0 aliphatic rings. The van der Waals surface area contributed by atoms with Crippen molar-refractivity contribution in [3.8, 4) is 5.75 Å². The lowest BCUT2D eigenvalue weighted by molar-refractivity contribution is 0.246. The Bertz CT molecular complexity index is 375. The van der Waals surface area contributed by atoms with E-state index in [4.69, 9.17) is 10.5 Å². The van der Waals surface area contributed by atoms with Crippen LogP contribution < -0.4 is 15.8 Å². The molecule has 0 unspecified atom stereocenters. The summed E-state index contributed by atoms with van der Waals surface area (Å²) in [6.07, 6.45) is 0. The third-order valence-corrected chi connectivity index (χ3v) is 2.54. The Balaban J connectivity index is 2.92. The number of rotatable bonds is 4. The van der Waals surface area contributed by atoms with Gasteiger partial charge in [-0.1, -0.05) is 32.0 Å². The van der Waals surface area contributed by atoms with Crippen LogP contribution in [0.3, 0.4) is 0 Å². The first-order valence-electron chi connectivity index (χ1n) is 5.14. The van der Waals surface area contributed by atoms with E-state index in [-0.39, 0.29) is 5.41 Å². The number of hydrogen-bond donors (Lipinski definition) is 2. The fraction of sp³-hybridized carbons (Fsp3) is 0.417. The Labute approximate surface area is 95.8 Å². The highest BCUT2D eigenvalue weighted by Gasteiger charge is 2.24. The monoisotopic (exact) mass is 222 g/mol. The first-order valence-corrected chi connectivity index (χ1v) is 5.14. The summed E-state index contributed by atoms with van der Waals surface area (Å²) in [4.78, 5) is 10.7. The second-order valence-corrected chi connectivity index (χ2v) is 4.30. The maximum atomic E-state index is 10.7. The summed E-state index contributed by atoms with van der Waals surface area (Å²) in [5.74, 6) is 0.818. The van der Waals surface area contributed by atoms with Crippen LogP contribution in [0, 0.1) is 0 Å². The van der Waals surface area contributed by atoms with Gasteiger partial charge in [-0.05, 0) is 6.07 Å². The Kier molecular flexibility index (Phi) is 3.77.